The minimum absolute atomic E-state index is 0.00756. The summed E-state index contributed by atoms with van der Waals surface area (Å²) in [6, 6.07) is 7.81. The second-order valence-electron chi connectivity index (χ2n) is 8.52. The lowest BCUT2D eigenvalue weighted by atomic mass is 10.1. The van der Waals surface area contributed by atoms with E-state index >= 15 is 0 Å². The standard InChI is InChI=1S/C24H23F4N3O4S/c1-4-36(33,34)17-6-8-22(35-15(3)24(26,27)28)18(10-17)23(32)30-11-16-12-31(29-20(16)13-30)21-9-14(2)5-7-19(21)25/h5-10,12,15H,4,11,13H2,1-3H3/t15-/m0/s1. The molecule has 4 rings (SSSR count). The molecule has 2 aromatic carbocycles. The van der Waals surface area contributed by atoms with E-state index < -0.39 is 33.8 Å². The number of halogens is 4. The second kappa shape index (κ2) is 9.23. The summed E-state index contributed by atoms with van der Waals surface area (Å²) in [5.74, 6) is -1.81. The third kappa shape index (κ3) is 4.95. The van der Waals surface area contributed by atoms with Gasteiger partial charge >= 0.3 is 6.18 Å². The molecule has 0 bridgehead atoms. The molecule has 1 amide bonds. The Morgan fingerprint density at radius 2 is 1.89 bits per heavy atom. The van der Waals surface area contributed by atoms with Gasteiger partial charge in [-0.3, -0.25) is 4.79 Å². The molecular formula is C24H23F4N3O4S. The molecule has 2 heterocycles. The molecule has 1 aliphatic rings. The number of nitrogens with zero attached hydrogens (tertiary/aromatic N) is 3. The van der Waals surface area contributed by atoms with Crippen LogP contribution in [0.3, 0.4) is 0 Å². The quantitative estimate of drug-likeness (QED) is 0.440. The molecule has 1 atom stereocenters. The first kappa shape index (κ1) is 25.7. The van der Waals surface area contributed by atoms with Crippen molar-refractivity contribution in [2.75, 3.05) is 5.75 Å². The summed E-state index contributed by atoms with van der Waals surface area (Å²) in [6.45, 7) is 4.09. The Morgan fingerprint density at radius 3 is 2.53 bits per heavy atom. The Morgan fingerprint density at radius 1 is 1.17 bits per heavy atom. The third-order valence-electron chi connectivity index (χ3n) is 5.90. The first-order valence-corrected chi connectivity index (χ1v) is 12.7. The van der Waals surface area contributed by atoms with Gasteiger partial charge < -0.3 is 9.64 Å². The molecule has 0 radical (unpaired) electrons. The highest BCUT2D eigenvalue weighted by Crippen LogP contribution is 2.32. The number of benzene rings is 2. The molecule has 1 aliphatic heterocycles. The van der Waals surface area contributed by atoms with E-state index in [-0.39, 0.29) is 40.7 Å². The molecule has 7 nitrogen and oxygen atoms in total. The van der Waals surface area contributed by atoms with Gasteiger partial charge in [-0.05, 0) is 49.7 Å². The number of aryl methyl sites for hydroxylation is 1. The van der Waals surface area contributed by atoms with Gasteiger partial charge in [0.1, 0.15) is 17.3 Å². The van der Waals surface area contributed by atoms with Crippen molar-refractivity contribution in [3.05, 3.63) is 70.8 Å². The lowest BCUT2D eigenvalue weighted by molar-refractivity contribution is -0.189. The van der Waals surface area contributed by atoms with Gasteiger partial charge in [0.2, 0.25) is 0 Å². The number of hydrogen-bond donors (Lipinski definition) is 0. The van der Waals surface area contributed by atoms with E-state index in [9.17, 15) is 30.8 Å². The minimum atomic E-state index is -4.69. The average molecular weight is 526 g/mol. The van der Waals surface area contributed by atoms with Crippen molar-refractivity contribution < 1.29 is 35.5 Å². The van der Waals surface area contributed by atoms with Crippen LogP contribution in [0.1, 0.15) is 41.0 Å². The number of ether oxygens (including phenoxy) is 1. The van der Waals surface area contributed by atoms with Crippen molar-refractivity contribution in [3.8, 4) is 11.4 Å². The van der Waals surface area contributed by atoms with E-state index in [2.05, 4.69) is 5.10 Å². The van der Waals surface area contributed by atoms with Crippen LogP contribution in [0.25, 0.3) is 5.69 Å². The third-order valence-corrected chi connectivity index (χ3v) is 7.63. The molecule has 0 aliphatic carbocycles. The molecule has 0 spiro atoms. The van der Waals surface area contributed by atoms with Crippen LogP contribution in [-0.2, 0) is 22.9 Å². The van der Waals surface area contributed by atoms with Crippen molar-refractivity contribution in [2.24, 2.45) is 0 Å². The summed E-state index contributed by atoms with van der Waals surface area (Å²) >= 11 is 0. The molecule has 192 valence electrons. The Kier molecular flexibility index (Phi) is 6.58. The molecular weight excluding hydrogens is 502 g/mol. The maximum absolute atomic E-state index is 14.3. The predicted octanol–water partition coefficient (Wildman–Crippen LogP) is 4.60. The average Bonchev–Trinajstić information content (AvgIpc) is 3.39. The Balaban J connectivity index is 1.64. The summed E-state index contributed by atoms with van der Waals surface area (Å²) in [6.07, 6.45) is -5.32. The van der Waals surface area contributed by atoms with Gasteiger partial charge in [-0.25, -0.2) is 17.5 Å². The van der Waals surface area contributed by atoms with Crippen LogP contribution in [-0.4, -0.2) is 47.0 Å². The normalized spacial score (nSPS) is 14.6. The zero-order chi connectivity index (χ0) is 26.4. The van der Waals surface area contributed by atoms with Crippen molar-refractivity contribution >= 4 is 15.7 Å². The minimum Gasteiger partial charge on any atom is -0.480 e. The Labute approximate surface area is 205 Å². The van der Waals surface area contributed by atoms with Crippen LogP contribution in [0, 0.1) is 12.7 Å². The van der Waals surface area contributed by atoms with E-state index in [4.69, 9.17) is 4.74 Å². The fourth-order valence-electron chi connectivity index (χ4n) is 3.78. The molecule has 3 aromatic rings. The van der Waals surface area contributed by atoms with E-state index in [0.717, 1.165) is 30.7 Å². The number of fused-ring (bicyclic) bond motifs is 1. The van der Waals surface area contributed by atoms with Crippen molar-refractivity contribution in [2.45, 2.75) is 51.0 Å². The number of rotatable bonds is 6. The van der Waals surface area contributed by atoms with Crippen molar-refractivity contribution in [1.29, 1.82) is 0 Å². The maximum Gasteiger partial charge on any atom is 0.425 e. The Bertz CT molecular complexity index is 1410. The largest absolute Gasteiger partial charge is 0.480 e. The summed E-state index contributed by atoms with van der Waals surface area (Å²) in [4.78, 5) is 14.5. The number of carbonyl (C=O) groups is 1. The van der Waals surface area contributed by atoms with Gasteiger partial charge in [0.05, 0.1) is 28.5 Å². The second-order valence-corrected chi connectivity index (χ2v) is 10.8. The first-order valence-electron chi connectivity index (χ1n) is 11.0. The predicted molar refractivity (Wildman–Crippen MR) is 122 cm³/mol. The number of sulfone groups is 1. The van der Waals surface area contributed by atoms with E-state index in [0.29, 0.717) is 11.3 Å². The highest BCUT2D eigenvalue weighted by molar-refractivity contribution is 7.91. The van der Waals surface area contributed by atoms with Gasteiger partial charge in [0, 0.05) is 18.3 Å². The topological polar surface area (TPSA) is 81.5 Å². The molecule has 0 saturated carbocycles. The van der Waals surface area contributed by atoms with E-state index in [1.807, 2.05) is 6.92 Å². The molecule has 0 unspecified atom stereocenters. The lowest BCUT2D eigenvalue weighted by Gasteiger charge is -2.22. The fourth-order valence-corrected chi connectivity index (χ4v) is 4.69. The first-order chi connectivity index (χ1) is 16.8. The number of hydrogen-bond acceptors (Lipinski definition) is 5. The molecule has 36 heavy (non-hydrogen) atoms. The lowest BCUT2D eigenvalue weighted by Crippen LogP contribution is -2.33. The van der Waals surface area contributed by atoms with Crippen LogP contribution in [0.15, 0.2) is 47.5 Å². The van der Waals surface area contributed by atoms with Crippen LogP contribution < -0.4 is 4.74 Å². The van der Waals surface area contributed by atoms with Gasteiger partial charge in [-0.15, -0.1) is 0 Å². The Hall–Kier alpha value is -3.41. The van der Waals surface area contributed by atoms with Crippen LogP contribution >= 0.6 is 0 Å². The van der Waals surface area contributed by atoms with E-state index in [1.54, 1.807) is 18.3 Å². The summed E-state index contributed by atoms with van der Waals surface area (Å²) in [5, 5.41) is 4.37. The van der Waals surface area contributed by atoms with Crippen molar-refractivity contribution in [3.63, 3.8) is 0 Å². The number of amides is 1. The number of alkyl halides is 3. The molecule has 1 aromatic heterocycles. The zero-order valence-corrected chi connectivity index (χ0v) is 20.5. The van der Waals surface area contributed by atoms with E-state index in [1.165, 1.54) is 22.6 Å². The summed E-state index contributed by atoms with van der Waals surface area (Å²) < 4.78 is 84.7. The molecule has 0 saturated heterocycles. The number of carbonyl (C=O) groups excluding carboxylic acids is 1. The van der Waals surface area contributed by atoms with Crippen LogP contribution in [0.4, 0.5) is 17.6 Å². The SMILES string of the molecule is CCS(=O)(=O)c1ccc(O[C@@H](C)C(F)(F)F)c(C(=O)N2Cc3cn(-c4cc(C)ccc4F)nc3C2)c1. The molecule has 0 N–H and O–H groups in total. The van der Waals surface area contributed by atoms with Gasteiger partial charge in [0.25, 0.3) is 5.91 Å². The summed E-state index contributed by atoms with van der Waals surface area (Å²) in [5.41, 5.74) is 1.90. The van der Waals surface area contributed by atoms with Crippen molar-refractivity contribution in [1.82, 2.24) is 14.7 Å². The van der Waals surface area contributed by atoms with Crippen LogP contribution in [0.2, 0.25) is 0 Å². The fraction of sp³-hybridized carbons (Fsp3) is 0.333. The van der Waals surface area contributed by atoms with Gasteiger partial charge in [0.15, 0.2) is 15.9 Å². The smallest absolute Gasteiger partial charge is 0.425 e. The summed E-state index contributed by atoms with van der Waals surface area (Å²) in [7, 11) is -3.74. The molecule has 12 heteroatoms. The highest BCUT2D eigenvalue weighted by atomic mass is 32.2. The van der Waals surface area contributed by atoms with Gasteiger partial charge in [-0.1, -0.05) is 13.0 Å². The zero-order valence-electron chi connectivity index (χ0n) is 19.6. The molecule has 0 fully saturated rings. The monoisotopic (exact) mass is 525 g/mol. The van der Waals surface area contributed by atoms with Crippen LogP contribution in [0.5, 0.6) is 5.75 Å². The number of aromatic nitrogens is 2. The maximum atomic E-state index is 14.3. The van der Waals surface area contributed by atoms with Gasteiger partial charge in [-0.2, -0.15) is 18.3 Å². The highest BCUT2D eigenvalue weighted by Gasteiger charge is 2.39.